The monoisotopic (exact) mass is 1040 g/mol. The Morgan fingerprint density at radius 1 is 0.247 bits per heavy atom. The number of rotatable bonds is 8. The third kappa shape index (κ3) is 12.5. The minimum Gasteiger partial charge on any atom is -0.314 e. The van der Waals surface area contributed by atoms with Crippen molar-refractivity contribution < 1.29 is 4.18 Å². The van der Waals surface area contributed by atoms with Crippen molar-refractivity contribution in [3.8, 4) is 66.8 Å². The van der Waals surface area contributed by atoms with Gasteiger partial charge in [0.05, 0.1) is 12.0 Å². The Kier molecular flexibility index (Phi) is 16.1. The highest BCUT2D eigenvalue weighted by Gasteiger charge is 2.33. The maximum Gasteiger partial charge on any atom is 0.0509 e. The molecule has 0 unspecified atom stereocenters. The van der Waals surface area contributed by atoms with Gasteiger partial charge in [-0.15, -0.1) is 0 Å². The lowest BCUT2D eigenvalue weighted by Gasteiger charge is -2.32. The third-order valence-corrected chi connectivity index (χ3v) is 16.3. The summed E-state index contributed by atoms with van der Waals surface area (Å²) in [6.45, 7) is 56.8. The molecule has 0 amide bonds. The largest absolute Gasteiger partial charge is 0.314 e. The quantitative estimate of drug-likeness (QED) is 0.140. The van der Waals surface area contributed by atoms with Gasteiger partial charge in [-0.05, 0) is 191 Å². The van der Waals surface area contributed by atoms with Crippen molar-refractivity contribution in [3.63, 3.8) is 0 Å². The van der Waals surface area contributed by atoms with Gasteiger partial charge in [0.1, 0.15) is 0 Å². The summed E-state index contributed by atoms with van der Waals surface area (Å²) in [7, 11) is 1.82. The summed E-state index contributed by atoms with van der Waals surface area (Å²) >= 11 is 1.48. The molecule has 0 aromatic heterocycles. The summed E-state index contributed by atoms with van der Waals surface area (Å²) in [5.74, 6) is 0. The Morgan fingerprint density at radius 2 is 0.416 bits per heavy atom. The van der Waals surface area contributed by atoms with Gasteiger partial charge in [-0.25, -0.2) is 0 Å². The van der Waals surface area contributed by atoms with Gasteiger partial charge in [0.15, 0.2) is 0 Å². The fourth-order valence-electron chi connectivity index (χ4n) is 11.8. The van der Waals surface area contributed by atoms with Gasteiger partial charge in [-0.3, -0.25) is 0 Å². The normalized spacial score (nSPS) is 13.4. The van der Waals surface area contributed by atoms with Crippen molar-refractivity contribution in [3.05, 3.63) is 172 Å². The standard InChI is InChI=1S/C75H96OS/c1-68(2,3)55-33-27-34-56(69(4,5)6)63(55)49-41-47(42-50(45-49)64-57(70(7,8)9)35-28-36-58(64)71(10,11)12)53-31-26-32-54(67(53)77-76-25)48-43-51(65-59(72(13,14)15)37-29-38-60(65)73(16,17)18)46-52(44-48)66-61(74(19,20)21)39-30-40-62(66)75(22,23)24/h26-46H,1-25H3. The van der Waals surface area contributed by atoms with Crippen molar-refractivity contribution in [2.75, 3.05) is 7.11 Å². The van der Waals surface area contributed by atoms with E-state index >= 15 is 0 Å². The minimum absolute atomic E-state index is 0.108. The predicted molar refractivity (Wildman–Crippen MR) is 342 cm³/mol. The molecule has 0 aliphatic heterocycles. The predicted octanol–water partition coefficient (Wildman–Crippen LogP) is 22.7. The molecule has 0 aliphatic rings. The van der Waals surface area contributed by atoms with Gasteiger partial charge < -0.3 is 4.18 Å². The van der Waals surface area contributed by atoms with Crippen molar-refractivity contribution in [2.24, 2.45) is 0 Å². The van der Waals surface area contributed by atoms with E-state index < -0.39 is 0 Å². The fourth-order valence-corrected chi connectivity index (χ4v) is 12.5. The van der Waals surface area contributed by atoms with Crippen molar-refractivity contribution >= 4 is 12.0 Å². The average molecular weight is 1050 g/mol. The maximum atomic E-state index is 6.34. The zero-order valence-corrected chi connectivity index (χ0v) is 53.3. The summed E-state index contributed by atoms with van der Waals surface area (Å²) in [6.07, 6.45) is 0. The molecule has 0 N–H and O–H groups in total. The SMILES string of the molecule is COSc1c(-c2cc(-c3c(C(C)(C)C)cccc3C(C)(C)C)cc(-c3c(C(C)(C)C)cccc3C(C)(C)C)c2)cccc1-c1cc(-c2c(C(C)(C)C)cccc2C(C)(C)C)cc(-c2c(C(C)(C)C)cccc2C(C)(C)C)c1. The summed E-state index contributed by atoms with van der Waals surface area (Å²) in [5.41, 5.74) is 24.9. The Balaban J connectivity index is 1.70. The summed E-state index contributed by atoms with van der Waals surface area (Å²) < 4.78 is 6.34. The molecule has 0 fully saturated rings. The number of hydrogen-bond acceptors (Lipinski definition) is 2. The molecule has 0 spiro atoms. The molecule has 1 nitrogen and oxygen atoms in total. The van der Waals surface area contributed by atoms with Gasteiger partial charge in [0, 0.05) is 12.0 Å². The topological polar surface area (TPSA) is 9.23 Å². The van der Waals surface area contributed by atoms with Crippen LogP contribution in [-0.4, -0.2) is 7.11 Å². The van der Waals surface area contributed by atoms with E-state index in [0.717, 1.165) is 16.0 Å². The lowest BCUT2D eigenvalue weighted by atomic mass is 9.72. The van der Waals surface area contributed by atoms with Gasteiger partial charge in [-0.2, -0.15) is 0 Å². The van der Waals surface area contributed by atoms with Crippen LogP contribution in [0.4, 0.5) is 0 Å². The second-order valence-corrected chi connectivity index (χ2v) is 31.4. The van der Waals surface area contributed by atoms with Crippen molar-refractivity contribution in [1.29, 1.82) is 0 Å². The molecular weight excluding hydrogens is 949 g/mol. The molecule has 0 radical (unpaired) electrons. The van der Waals surface area contributed by atoms with Crippen LogP contribution in [0.25, 0.3) is 66.8 Å². The Labute approximate surface area is 473 Å². The van der Waals surface area contributed by atoms with E-state index in [1.807, 2.05) is 7.11 Å². The van der Waals surface area contributed by atoms with E-state index in [4.69, 9.17) is 4.18 Å². The second kappa shape index (κ2) is 20.8. The van der Waals surface area contributed by atoms with Crippen LogP contribution in [-0.2, 0) is 47.5 Å². The van der Waals surface area contributed by atoms with E-state index in [9.17, 15) is 0 Å². The molecule has 0 heterocycles. The van der Waals surface area contributed by atoms with Gasteiger partial charge >= 0.3 is 0 Å². The minimum atomic E-state index is -0.108. The molecule has 7 aromatic carbocycles. The van der Waals surface area contributed by atoms with Crippen LogP contribution in [0.15, 0.2) is 132 Å². The molecule has 0 aliphatic carbocycles. The highest BCUT2D eigenvalue weighted by Crippen LogP contribution is 2.51. The summed E-state index contributed by atoms with van der Waals surface area (Å²) in [4.78, 5) is 1.10. The smallest absolute Gasteiger partial charge is 0.0509 e. The van der Waals surface area contributed by atoms with Crippen LogP contribution < -0.4 is 0 Å². The van der Waals surface area contributed by atoms with Gasteiger partial charge in [0.25, 0.3) is 0 Å². The molecule has 7 rings (SSSR count). The Morgan fingerprint density at radius 3 is 0.584 bits per heavy atom. The highest BCUT2D eigenvalue weighted by molar-refractivity contribution is 7.95. The van der Waals surface area contributed by atoms with E-state index in [1.165, 1.54) is 112 Å². The number of hydrogen-bond donors (Lipinski definition) is 0. The third-order valence-electron chi connectivity index (χ3n) is 15.5. The van der Waals surface area contributed by atoms with E-state index in [2.05, 4.69) is 294 Å². The van der Waals surface area contributed by atoms with Crippen LogP contribution in [0.5, 0.6) is 0 Å². The Hall–Kier alpha value is -5.15. The van der Waals surface area contributed by atoms with Crippen LogP contribution in [0, 0.1) is 0 Å². The second-order valence-electron chi connectivity index (χ2n) is 30.4. The fraction of sp³-hybridized carbons (Fsp3) is 0.440. The summed E-state index contributed by atoms with van der Waals surface area (Å²) in [6, 6.07) is 50.0. The lowest BCUT2D eigenvalue weighted by molar-refractivity contribution is 0.490. The first-order valence-corrected chi connectivity index (χ1v) is 29.2. The summed E-state index contributed by atoms with van der Waals surface area (Å²) in [5, 5.41) is 0. The zero-order chi connectivity index (χ0) is 57.4. The average Bonchev–Trinajstić information content (AvgIpc) is 3.30. The first-order valence-electron chi connectivity index (χ1n) is 28.5. The van der Waals surface area contributed by atoms with E-state index in [0.29, 0.717) is 0 Å². The lowest BCUT2D eigenvalue weighted by Crippen LogP contribution is -2.20. The zero-order valence-electron chi connectivity index (χ0n) is 52.4. The molecule has 0 saturated heterocycles. The molecule has 77 heavy (non-hydrogen) atoms. The molecule has 0 atom stereocenters. The van der Waals surface area contributed by atoms with Gasteiger partial charge in [-0.1, -0.05) is 257 Å². The first kappa shape index (κ1) is 59.5. The van der Waals surface area contributed by atoms with Crippen LogP contribution in [0.2, 0.25) is 0 Å². The molecule has 2 heteroatoms. The van der Waals surface area contributed by atoms with Crippen LogP contribution in [0.3, 0.4) is 0 Å². The Bertz CT molecular complexity index is 2760. The molecule has 0 saturated carbocycles. The van der Waals surface area contributed by atoms with E-state index in [1.54, 1.807) is 0 Å². The first-order chi connectivity index (χ1) is 35.2. The van der Waals surface area contributed by atoms with Crippen molar-refractivity contribution in [1.82, 2.24) is 0 Å². The maximum absolute atomic E-state index is 6.34. The van der Waals surface area contributed by atoms with E-state index in [-0.39, 0.29) is 43.3 Å². The molecule has 7 aromatic rings. The van der Waals surface area contributed by atoms with Crippen LogP contribution >= 0.6 is 12.0 Å². The van der Waals surface area contributed by atoms with Gasteiger partial charge in [0.2, 0.25) is 0 Å². The molecular formula is C75H96OS. The highest BCUT2D eigenvalue weighted by atomic mass is 32.2. The molecule has 408 valence electrons. The number of benzene rings is 7. The van der Waals surface area contributed by atoms with Crippen LogP contribution in [0.1, 0.15) is 211 Å². The van der Waals surface area contributed by atoms with Crippen molar-refractivity contribution in [2.45, 2.75) is 214 Å². The molecule has 0 bridgehead atoms.